The van der Waals surface area contributed by atoms with Crippen molar-refractivity contribution in [3.05, 3.63) is 59.7 Å². The van der Waals surface area contributed by atoms with Crippen LogP contribution in [0.2, 0.25) is 0 Å². The van der Waals surface area contributed by atoms with Gasteiger partial charge in [-0.2, -0.15) is 13.2 Å². The highest BCUT2D eigenvalue weighted by Crippen LogP contribution is 2.33. The van der Waals surface area contributed by atoms with E-state index < -0.39 is 39.1 Å². The van der Waals surface area contributed by atoms with Crippen molar-refractivity contribution in [3.63, 3.8) is 0 Å². The van der Waals surface area contributed by atoms with Gasteiger partial charge in [-0.1, -0.05) is 18.2 Å². The van der Waals surface area contributed by atoms with Crippen molar-refractivity contribution in [1.29, 1.82) is 0 Å². The van der Waals surface area contributed by atoms with Crippen LogP contribution in [-0.2, 0) is 21.0 Å². The molecule has 2 aromatic rings. The molecule has 0 radical (unpaired) electrons. The van der Waals surface area contributed by atoms with Crippen LogP contribution in [0, 0.1) is 0 Å². The first-order chi connectivity index (χ1) is 14.1. The Hall–Kier alpha value is -2.59. The van der Waals surface area contributed by atoms with E-state index in [0.29, 0.717) is 18.4 Å². The molecule has 0 aliphatic carbocycles. The number of methoxy groups -OCH3 is 1. The van der Waals surface area contributed by atoms with E-state index in [1.165, 1.54) is 0 Å². The van der Waals surface area contributed by atoms with E-state index in [1.54, 1.807) is 18.1 Å². The summed E-state index contributed by atoms with van der Waals surface area (Å²) < 4.78 is 70.7. The quantitative estimate of drug-likeness (QED) is 0.745. The zero-order valence-corrected chi connectivity index (χ0v) is 17.0. The molecule has 6 nitrogen and oxygen atoms in total. The molecule has 1 aliphatic rings. The van der Waals surface area contributed by atoms with Crippen LogP contribution >= 0.6 is 0 Å². The zero-order valence-electron chi connectivity index (χ0n) is 16.1. The Morgan fingerprint density at radius 1 is 1.20 bits per heavy atom. The lowest BCUT2D eigenvalue weighted by atomic mass is 10.0. The van der Waals surface area contributed by atoms with Crippen molar-refractivity contribution in [2.75, 3.05) is 20.2 Å². The second-order valence-corrected chi connectivity index (χ2v) is 8.64. The van der Waals surface area contributed by atoms with E-state index in [9.17, 15) is 26.4 Å². The van der Waals surface area contributed by atoms with Gasteiger partial charge in [-0.3, -0.25) is 4.79 Å². The normalized spacial score (nSPS) is 17.2. The molecular formula is C20H21F3N2O4S. The molecule has 0 aromatic heterocycles. The van der Waals surface area contributed by atoms with Gasteiger partial charge in [0, 0.05) is 6.54 Å². The Balaban J connectivity index is 1.71. The fraction of sp³-hybridized carbons (Fsp3) is 0.350. The summed E-state index contributed by atoms with van der Waals surface area (Å²) in [7, 11) is -2.74. The van der Waals surface area contributed by atoms with Crippen LogP contribution in [0.3, 0.4) is 0 Å². The van der Waals surface area contributed by atoms with Crippen molar-refractivity contribution in [3.8, 4) is 5.75 Å². The molecule has 1 aliphatic heterocycles. The highest BCUT2D eigenvalue weighted by atomic mass is 32.2. The largest absolute Gasteiger partial charge is 0.497 e. The van der Waals surface area contributed by atoms with Crippen LogP contribution < -0.4 is 9.46 Å². The molecule has 3 rings (SSSR count). The third-order valence-corrected chi connectivity index (χ3v) is 6.34. The van der Waals surface area contributed by atoms with E-state index in [2.05, 4.69) is 4.72 Å². The lowest BCUT2D eigenvalue weighted by molar-refractivity contribution is -0.137. The minimum absolute atomic E-state index is 0.217. The molecule has 0 saturated carbocycles. The number of sulfonamides is 1. The second-order valence-electron chi connectivity index (χ2n) is 6.87. The number of carbonyl (C=O) groups is 1. The maximum atomic E-state index is 12.8. The predicted molar refractivity (Wildman–Crippen MR) is 103 cm³/mol. The number of halogens is 3. The smallest absolute Gasteiger partial charge is 0.416 e. The molecule has 1 N–H and O–H groups in total. The number of likely N-dealkylation sites (tertiary alicyclic amines) is 1. The van der Waals surface area contributed by atoms with Crippen molar-refractivity contribution >= 4 is 15.9 Å². The van der Waals surface area contributed by atoms with E-state index in [0.717, 1.165) is 36.6 Å². The Bertz CT molecular complexity index is 1020. The van der Waals surface area contributed by atoms with Crippen molar-refractivity contribution in [2.24, 2.45) is 0 Å². The molecule has 1 heterocycles. The minimum Gasteiger partial charge on any atom is -0.497 e. The maximum Gasteiger partial charge on any atom is 0.416 e. The number of hydrogen-bond donors (Lipinski definition) is 1. The molecule has 2 aromatic carbocycles. The molecule has 0 bridgehead atoms. The molecule has 1 amide bonds. The molecule has 162 valence electrons. The van der Waals surface area contributed by atoms with Gasteiger partial charge in [0.25, 0.3) is 0 Å². The summed E-state index contributed by atoms with van der Waals surface area (Å²) in [6.45, 7) is -0.0783. The molecule has 10 heteroatoms. The molecule has 1 atom stereocenters. The highest BCUT2D eigenvalue weighted by Gasteiger charge is 2.33. The fourth-order valence-corrected chi connectivity index (χ4v) is 4.46. The number of carbonyl (C=O) groups excluding carboxylic acids is 1. The van der Waals surface area contributed by atoms with Crippen LogP contribution in [0.25, 0.3) is 0 Å². The number of hydrogen-bond acceptors (Lipinski definition) is 4. The molecule has 0 spiro atoms. The number of benzene rings is 2. The number of ether oxygens (including phenoxy) is 1. The zero-order chi connectivity index (χ0) is 21.9. The van der Waals surface area contributed by atoms with Crippen LogP contribution in [0.1, 0.15) is 30.0 Å². The molecule has 1 unspecified atom stereocenters. The van der Waals surface area contributed by atoms with Gasteiger partial charge in [-0.05, 0) is 48.7 Å². The van der Waals surface area contributed by atoms with Gasteiger partial charge in [0.05, 0.1) is 30.2 Å². The van der Waals surface area contributed by atoms with Gasteiger partial charge in [0.15, 0.2) is 0 Å². The second kappa shape index (κ2) is 8.65. The predicted octanol–water partition coefficient (Wildman–Crippen LogP) is 3.36. The average molecular weight is 442 g/mol. The Labute approximate surface area is 172 Å². The summed E-state index contributed by atoms with van der Waals surface area (Å²) in [6, 6.07) is 10.5. The first-order valence-electron chi connectivity index (χ1n) is 9.22. The lowest BCUT2D eigenvalue weighted by Crippen LogP contribution is -2.39. The van der Waals surface area contributed by atoms with E-state index >= 15 is 0 Å². The van der Waals surface area contributed by atoms with E-state index in [-0.39, 0.29) is 6.04 Å². The first kappa shape index (κ1) is 22.1. The van der Waals surface area contributed by atoms with E-state index in [4.69, 9.17) is 4.74 Å². The van der Waals surface area contributed by atoms with Crippen LogP contribution in [0.15, 0.2) is 53.4 Å². The van der Waals surface area contributed by atoms with Gasteiger partial charge in [0.1, 0.15) is 5.75 Å². The summed E-state index contributed by atoms with van der Waals surface area (Å²) in [5, 5.41) is 0. The van der Waals surface area contributed by atoms with Crippen molar-refractivity contribution < 1.29 is 31.1 Å². The number of amides is 1. The van der Waals surface area contributed by atoms with Crippen molar-refractivity contribution in [1.82, 2.24) is 9.62 Å². The number of rotatable bonds is 6. The highest BCUT2D eigenvalue weighted by molar-refractivity contribution is 7.89. The maximum absolute atomic E-state index is 12.8. The average Bonchev–Trinajstić information content (AvgIpc) is 3.21. The topological polar surface area (TPSA) is 75.7 Å². The van der Waals surface area contributed by atoms with Crippen LogP contribution in [0.5, 0.6) is 5.75 Å². The Morgan fingerprint density at radius 3 is 2.63 bits per heavy atom. The molecule has 30 heavy (non-hydrogen) atoms. The molecule has 1 saturated heterocycles. The van der Waals surface area contributed by atoms with Gasteiger partial charge in [-0.25, -0.2) is 13.1 Å². The van der Waals surface area contributed by atoms with Gasteiger partial charge >= 0.3 is 6.18 Å². The first-order valence-corrected chi connectivity index (χ1v) is 10.7. The van der Waals surface area contributed by atoms with Crippen LogP contribution in [-0.4, -0.2) is 39.4 Å². The number of alkyl halides is 3. The van der Waals surface area contributed by atoms with Gasteiger partial charge < -0.3 is 9.64 Å². The standard InChI is InChI=1S/C20H21F3N2O4S/c1-29-16-7-2-5-14(11-16)18-9-4-10-25(18)19(26)13-24-30(27,28)17-8-3-6-15(12-17)20(21,22)23/h2-3,5-8,11-12,18,24H,4,9-10,13H2,1H3. The van der Waals surface area contributed by atoms with Crippen LogP contribution in [0.4, 0.5) is 13.2 Å². The summed E-state index contributed by atoms with van der Waals surface area (Å²) in [5.41, 5.74) is -0.199. The Kier molecular flexibility index (Phi) is 6.37. The van der Waals surface area contributed by atoms with E-state index in [1.807, 2.05) is 18.2 Å². The summed E-state index contributed by atoms with van der Waals surface area (Å²) in [4.78, 5) is 13.7. The third kappa shape index (κ3) is 4.93. The molecular weight excluding hydrogens is 421 g/mol. The monoisotopic (exact) mass is 442 g/mol. The summed E-state index contributed by atoms with van der Waals surface area (Å²) >= 11 is 0. The van der Waals surface area contributed by atoms with Crippen molar-refractivity contribution in [2.45, 2.75) is 30.0 Å². The fourth-order valence-electron chi connectivity index (χ4n) is 3.44. The SMILES string of the molecule is COc1cccc(C2CCCN2C(=O)CNS(=O)(=O)c2cccc(C(F)(F)F)c2)c1. The third-order valence-electron chi connectivity index (χ3n) is 4.94. The minimum atomic E-state index is -4.67. The summed E-state index contributed by atoms with van der Waals surface area (Å²) in [6.07, 6.45) is -3.19. The number of nitrogens with one attached hydrogen (secondary N) is 1. The van der Waals surface area contributed by atoms with Gasteiger partial charge in [-0.15, -0.1) is 0 Å². The lowest BCUT2D eigenvalue weighted by Gasteiger charge is -2.25. The summed E-state index contributed by atoms with van der Waals surface area (Å²) in [5.74, 6) is 0.202. The molecule has 1 fully saturated rings. The number of nitrogens with zero attached hydrogens (tertiary/aromatic N) is 1. The Morgan fingerprint density at radius 2 is 1.93 bits per heavy atom. The van der Waals surface area contributed by atoms with Gasteiger partial charge in [0.2, 0.25) is 15.9 Å².